The molecule has 3 aromatic rings. The van der Waals surface area contributed by atoms with Crippen LogP contribution in [0.1, 0.15) is 50.5 Å². The summed E-state index contributed by atoms with van der Waals surface area (Å²) in [6, 6.07) is 9.02. The Morgan fingerprint density at radius 1 is 1.15 bits per heavy atom. The van der Waals surface area contributed by atoms with Crippen LogP contribution in [0.25, 0.3) is 11.3 Å². The quantitative estimate of drug-likeness (QED) is 0.235. The predicted octanol–water partition coefficient (Wildman–Crippen LogP) is 4.05. The summed E-state index contributed by atoms with van der Waals surface area (Å²) in [6.07, 6.45) is 1.30. The third kappa shape index (κ3) is 7.94. The highest BCUT2D eigenvalue weighted by Crippen LogP contribution is 2.26. The number of rotatable bonds is 9. The molecule has 2 N–H and O–H groups in total. The Morgan fingerprint density at radius 3 is 2.41 bits per heavy atom. The second-order valence-electron chi connectivity index (χ2n) is 10.1. The van der Waals surface area contributed by atoms with Crippen molar-refractivity contribution >= 4 is 23.4 Å². The van der Waals surface area contributed by atoms with E-state index < -0.39 is 46.0 Å². The number of hydrogen-bond acceptors (Lipinski definition) is 8. The van der Waals surface area contributed by atoms with Crippen LogP contribution in [0.3, 0.4) is 0 Å². The number of esters is 1. The van der Waals surface area contributed by atoms with E-state index in [1.54, 1.807) is 20.8 Å². The minimum absolute atomic E-state index is 0.0139. The van der Waals surface area contributed by atoms with Gasteiger partial charge in [-0.3, -0.25) is 29.1 Å². The van der Waals surface area contributed by atoms with Gasteiger partial charge in [0.05, 0.1) is 16.8 Å². The fourth-order valence-electron chi connectivity index (χ4n) is 3.63. The molecule has 11 nitrogen and oxygen atoms in total. The molecule has 1 heterocycles. The van der Waals surface area contributed by atoms with Crippen LogP contribution in [0.2, 0.25) is 0 Å². The SMILES string of the molecule is CC(C)Nc1ncc(-c2cc(C(=O)NCc3ccc(F)cc3)cc([N+](=O)[O-])c2)n(CC(=O)OC(C)(C)C)c1=O. The van der Waals surface area contributed by atoms with E-state index in [9.17, 15) is 28.9 Å². The largest absolute Gasteiger partial charge is 0.459 e. The number of nitro groups is 1. The van der Waals surface area contributed by atoms with Crippen molar-refractivity contribution in [2.45, 2.75) is 59.4 Å². The first-order valence-electron chi connectivity index (χ1n) is 12.1. The van der Waals surface area contributed by atoms with Gasteiger partial charge in [0, 0.05) is 35.8 Å². The molecule has 0 saturated heterocycles. The second kappa shape index (κ2) is 11.8. The summed E-state index contributed by atoms with van der Waals surface area (Å²) >= 11 is 0. The zero-order chi connectivity index (χ0) is 28.9. The number of anilines is 1. The van der Waals surface area contributed by atoms with Gasteiger partial charge in [-0.2, -0.15) is 0 Å². The number of benzene rings is 2. The van der Waals surface area contributed by atoms with E-state index in [1.165, 1.54) is 42.6 Å². The molecule has 0 unspecified atom stereocenters. The summed E-state index contributed by atoms with van der Waals surface area (Å²) in [5.41, 5.74) is -1.08. The second-order valence-corrected chi connectivity index (χ2v) is 10.1. The molecular formula is C27H30FN5O6. The van der Waals surface area contributed by atoms with Gasteiger partial charge < -0.3 is 15.4 Å². The number of carbonyl (C=O) groups is 2. The molecule has 2 aromatic carbocycles. The van der Waals surface area contributed by atoms with Crippen molar-refractivity contribution in [2.75, 3.05) is 5.32 Å². The van der Waals surface area contributed by atoms with Crippen molar-refractivity contribution in [3.8, 4) is 11.3 Å². The van der Waals surface area contributed by atoms with Crippen LogP contribution in [0.4, 0.5) is 15.9 Å². The smallest absolute Gasteiger partial charge is 0.326 e. The number of hydrogen-bond donors (Lipinski definition) is 2. The maximum Gasteiger partial charge on any atom is 0.326 e. The summed E-state index contributed by atoms with van der Waals surface area (Å²) in [5.74, 6) is -1.76. The zero-order valence-corrected chi connectivity index (χ0v) is 22.3. The lowest BCUT2D eigenvalue weighted by atomic mass is 10.1. The zero-order valence-electron chi connectivity index (χ0n) is 22.3. The fourth-order valence-corrected chi connectivity index (χ4v) is 3.63. The van der Waals surface area contributed by atoms with Gasteiger partial charge in [0.1, 0.15) is 18.0 Å². The summed E-state index contributed by atoms with van der Waals surface area (Å²) in [4.78, 5) is 54.1. The van der Waals surface area contributed by atoms with Gasteiger partial charge in [0.2, 0.25) is 0 Å². The summed E-state index contributed by atoms with van der Waals surface area (Å²) < 4.78 is 19.7. The van der Waals surface area contributed by atoms with E-state index in [0.29, 0.717) is 5.56 Å². The summed E-state index contributed by atoms with van der Waals surface area (Å²) in [7, 11) is 0. The molecule has 0 aliphatic rings. The fraction of sp³-hybridized carbons (Fsp3) is 0.333. The van der Waals surface area contributed by atoms with Crippen LogP contribution in [-0.4, -0.2) is 38.0 Å². The number of carbonyl (C=O) groups excluding carboxylic acids is 2. The van der Waals surface area contributed by atoms with Crippen LogP contribution >= 0.6 is 0 Å². The molecule has 1 aromatic heterocycles. The third-order valence-electron chi connectivity index (χ3n) is 5.24. The number of halogens is 1. The van der Waals surface area contributed by atoms with E-state index in [1.807, 2.05) is 13.8 Å². The molecule has 0 atom stereocenters. The third-order valence-corrected chi connectivity index (χ3v) is 5.24. The standard InChI is InChI=1S/C27H30FN5O6/c1-16(2)31-24-26(36)32(15-23(34)39-27(3,4)5)22(14-29-24)18-10-19(12-21(11-18)33(37)38)25(35)30-13-17-6-8-20(28)9-7-17/h6-12,14,16H,13,15H2,1-5H3,(H,29,31)(H,30,35). The first-order valence-corrected chi connectivity index (χ1v) is 12.1. The van der Waals surface area contributed by atoms with E-state index >= 15 is 0 Å². The molecule has 206 valence electrons. The molecule has 0 radical (unpaired) electrons. The highest BCUT2D eigenvalue weighted by Gasteiger charge is 2.23. The molecular weight excluding hydrogens is 509 g/mol. The normalized spacial score (nSPS) is 11.3. The first-order chi connectivity index (χ1) is 18.2. The molecule has 0 fully saturated rings. The summed E-state index contributed by atoms with van der Waals surface area (Å²) in [6.45, 7) is 8.24. The summed E-state index contributed by atoms with van der Waals surface area (Å²) in [5, 5.41) is 17.3. The number of amides is 1. The van der Waals surface area contributed by atoms with Gasteiger partial charge in [-0.05, 0) is 58.4 Å². The lowest BCUT2D eigenvalue weighted by molar-refractivity contribution is -0.384. The van der Waals surface area contributed by atoms with Crippen molar-refractivity contribution in [2.24, 2.45) is 0 Å². The predicted molar refractivity (Wildman–Crippen MR) is 143 cm³/mol. The Hall–Kier alpha value is -4.61. The monoisotopic (exact) mass is 539 g/mol. The van der Waals surface area contributed by atoms with Crippen molar-refractivity contribution < 1.29 is 23.6 Å². The maximum atomic E-state index is 13.3. The minimum Gasteiger partial charge on any atom is -0.459 e. The van der Waals surface area contributed by atoms with Crippen LogP contribution < -0.4 is 16.2 Å². The molecule has 0 bridgehead atoms. The molecule has 0 aliphatic heterocycles. The molecule has 0 saturated carbocycles. The van der Waals surface area contributed by atoms with Crippen LogP contribution in [0, 0.1) is 15.9 Å². The number of nitrogens with one attached hydrogen (secondary N) is 2. The topological polar surface area (TPSA) is 145 Å². The molecule has 0 aliphatic carbocycles. The van der Waals surface area contributed by atoms with Crippen LogP contribution in [0.15, 0.2) is 53.5 Å². The van der Waals surface area contributed by atoms with Gasteiger partial charge in [-0.25, -0.2) is 9.37 Å². The molecule has 0 spiro atoms. The number of aromatic nitrogens is 2. The Labute approximate surface area is 224 Å². The van der Waals surface area contributed by atoms with Crippen molar-refractivity contribution in [3.63, 3.8) is 0 Å². The highest BCUT2D eigenvalue weighted by atomic mass is 19.1. The lowest BCUT2D eigenvalue weighted by Crippen LogP contribution is -2.33. The van der Waals surface area contributed by atoms with Crippen LogP contribution in [0.5, 0.6) is 0 Å². The van der Waals surface area contributed by atoms with Crippen molar-refractivity contribution in [1.82, 2.24) is 14.9 Å². The number of ether oxygens (including phenoxy) is 1. The molecule has 39 heavy (non-hydrogen) atoms. The van der Waals surface area contributed by atoms with E-state index in [-0.39, 0.29) is 35.2 Å². The Bertz CT molecular complexity index is 1440. The molecule has 1 amide bonds. The number of non-ortho nitro benzene ring substituents is 1. The highest BCUT2D eigenvalue weighted by molar-refractivity contribution is 5.96. The molecule has 3 rings (SSSR count). The number of nitro benzene ring substituents is 1. The average molecular weight is 540 g/mol. The Kier molecular flexibility index (Phi) is 8.79. The van der Waals surface area contributed by atoms with Gasteiger partial charge >= 0.3 is 5.97 Å². The van der Waals surface area contributed by atoms with Gasteiger partial charge in [-0.15, -0.1) is 0 Å². The first kappa shape index (κ1) is 29.0. The van der Waals surface area contributed by atoms with Crippen molar-refractivity contribution in [3.05, 3.63) is 86.1 Å². The number of nitrogens with zero attached hydrogens (tertiary/aromatic N) is 3. The molecule has 12 heteroatoms. The average Bonchev–Trinajstić information content (AvgIpc) is 2.84. The van der Waals surface area contributed by atoms with Gasteiger partial charge in [-0.1, -0.05) is 12.1 Å². The maximum absolute atomic E-state index is 13.3. The minimum atomic E-state index is -0.811. The Balaban J connectivity index is 2.06. The van der Waals surface area contributed by atoms with E-state index in [2.05, 4.69) is 15.6 Å². The van der Waals surface area contributed by atoms with Crippen molar-refractivity contribution in [1.29, 1.82) is 0 Å². The Morgan fingerprint density at radius 2 is 1.82 bits per heavy atom. The van der Waals surface area contributed by atoms with E-state index in [0.717, 1.165) is 10.6 Å². The van der Waals surface area contributed by atoms with Gasteiger partial charge in [0.25, 0.3) is 17.2 Å². The van der Waals surface area contributed by atoms with Gasteiger partial charge in [0.15, 0.2) is 5.82 Å². The van der Waals surface area contributed by atoms with E-state index in [4.69, 9.17) is 4.74 Å². The lowest BCUT2D eigenvalue weighted by Gasteiger charge is -2.21. The van der Waals surface area contributed by atoms with Crippen LogP contribution in [-0.2, 0) is 22.6 Å².